The van der Waals surface area contributed by atoms with Crippen molar-refractivity contribution in [1.82, 2.24) is 14.6 Å². The molecule has 49 heavy (non-hydrogen) atoms. The zero-order valence-electron chi connectivity index (χ0n) is 25.6. The predicted molar refractivity (Wildman–Crippen MR) is 194 cm³/mol. The number of hydrazone groups is 1. The highest BCUT2D eigenvalue weighted by Gasteiger charge is 2.39. The molecule has 2 aromatic heterocycles. The molecule has 10 nitrogen and oxygen atoms in total. The summed E-state index contributed by atoms with van der Waals surface area (Å²) < 4.78 is 1.33. The van der Waals surface area contributed by atoms with Crippen molar-refractivity contribution in [1.29, 1.82) is 0 Å². The molecular formula is C36H23Cl3N8O2. The number of fused-ring (bicyclic) bond motifs is 1. The lowest BCUT2D eigenvalue weighted by Crippen LogP contribution is -2.31. The second kappa shape index (κ2) is 13.5. The molecule has 7 rings (SSSR count). The van der Waals surface area contributed by atoms with E-state index in [0.717, 1.165) is 16.1 Å². The van der Waals surface area contributed by atoms with E-state index in [0.29, 0.717) is 44.4 Å². The van der Waals surface area contributed by atoms with Gasteiger partial charge in [0.1, 0.15) is 11.4 Å². The maximum atomic E-state index is 13.7. The summed E-state index contributed by atoms with van der Waals surface area (Å²) in [6, 6.07) is 29.1. The standard InChI is InChI=1S/C36H23Cl3N8O2/c1-21(44-47-34(23-8-3-2-4-9-23)41-30-12-6-5-11-27(30)35(47)48)22-13-15-26(16-14-22)42-43-32-31(24-10-7-17-40-20-24)45-46(36(32)49)33-28(38)18-25(37)19-29(33)39/h2-20,32H,1H3/b43-42?,44-21-. The van der Waals surface area contributed by atoms with Gasteiger partial charge in [-0.1, -0.05) is 89.4 Å². The number of rotatable bonds is 7. The summed E-state index contributed by atoms with van der Waals surface area (Å²) in [7, 11) is 0. The number of nitrogens with zero attached hydrogens (tertiary/aromatic N) is 8. The Hall–Kier alpha value is -5.55. The van der Waals surface area contributed by atoms with Crippen LogP contribution in [0.15, 0.2) is 141 Å². The summed E-state index contributed by atoms with van der Waals surface area (Å²) in [6.45, 7) is 1.81. The minimum Gasteiger partial charge on any atom is -0.269 e. The van der Waals surface area contributed by atoms with Crippen LogP contribution in [0, 0.1) is 0 Å². The topological polar surface area (TPSA) is 118 Å². The highest BCUT2D eigenvalue weighted by Crippen LogP contribution is 2.39. The van der Waals surface area contributed by atoms with Gasteiger partial charge in [-0.25, -0.2) is 4.98 Å². The molecule has 0 fully saturated rings. The predicted octanol–water partition coefficient (Wildman–Crippen LogP) is 8.59. The number of para-hydroxylation sites is 1. The SMILES string of the molecule is C/C(=N/n1c(-c2ccccc2)nc2ccccc2c1=O)c1ccc(N=NC2C(=O)N(c3c(Cl)cc(Cl)cc3Cl)N=C2c2cccnc2)cc1. The van der Waals surface area contributed by atoms with Gasteiger partial charge in [-0.3, -0.25) is 14.6 Å². The largest absolute Gasteiger partial charge is 0.282 e. The van der Waals surface area contributed by atoms with Crippen LogP contribution in [0.3, 0.4) is 0 Å². The van der Waals surface area contributed by atoms with E-state index < -0.39 is 11.9 Å². The van der Waals surface area contributed by atoms with Gasteiger partial charge in [0.25, 0.3) is 11.5 Å². The van der Waals surface area contributed by atoms with Gasteiger partial charge >= 0.3 is 0 Å². The molecule has 6 aromatic rings. The van der Waals surface area contributed by atoms with Gasteiger partial charge in [-0.15, -0.1) is 0 Å². The highest BCUT2D eigenvalue weighted by atomic mass is 35.5. The van der Waals surface area contributed by atoms with Gasteiger partial charge in [0.05, 0.1) is 32.3 Å². The Morgan fingerprint density at radius 1 is 0.816 bits per heavy atom. The summed E-state index contributed by atoms with van der Waals surface area (Å²) in [5.74, 6) is -0.0754. The first kappa shape index (κ1) is 32.0. The number of carbonyl (C=O) groups is 1. The fourth-order valence-electron chi connectivity index (χ4n) is 5.27. The second-order valence-electron chi connectivity index (χ2n) is 10.9. The first-order valence-corrected chi connectivity index (χ1v) is 16.0. The molecule has 0 aliphatic carbocycles. The fourth-order valence-corrected chi connectivity index (χ4v) is 6.24. The fraction of sp³-hybridized carbons (Fsp3) is 0.0556. The zero-order chi connectivity index (χ0) is 34.1. The van der Waals surface area contributed by atoms with Gasteiger partial charge in [0.2, 0.25) is 0 Å². The van der Waals surface area contributed by atoms with E-state index in [1.807, 2.05) is 49.4 Å². The lowest BCUT2D eigenvalue weighted by atomic mass is 10.1. The third-order valence-corrected chi connectivity index (χ3v) is 8.46. The molecule has 0 saturated carbocycles. The van der Waals surface area contributed by atoms with E-state index in [-0.39, 0.29) is 21.3 Å². The third-order valence-electron chi connectivity index (χ3n) is 7.67. The van der Waals surface area contributed by atoms with Gasteiger partial charge in [-0.05, 0) is 61.0 Å². The number of azo groups is 1. The Kier molecular flexibility index (Phi) is 8.83. The Morgan fingerprint density at radius 3 is 2.22 bits per heavy atom. The maximum absolute atomic E-state index is 13.7. The van der Waals surface area contributed by atoms with Crippen LogP contribution in [-0.4, -0.2) is 38.0 Å². The van der Waals surface area contributed by atoms with E-state index in [1.54, 1.807) is 60.9 Å². The minimum absolute atomic E-state index is 0.156. The van der Waals surface area contributed by atoms with Crippen LogP contribution in [-0.2, 0) is 4.79 Å². The molecule has 0 bridgehead atoms. The average molecular weight is 706 g/mol. The molecule has 0 spiro atoms. The van der Waals surface area contributed by atoms with E-state index in [4.69, 9.17) is 44.9 Å². The molecule has 13 heteroatoms. The van der Waals surface area contributed by atoms with Gasteiger partial charge in [0, 0.05) is 28.5 Å². The Labute approximate surface area is 294 Å². The van der Waals surface area contributed by atoms with Crippen LogP contribution < -0.4 is 10.6 Å². The summed E-state index contributed by atoms with van der Waals surface area (Å²) in [5, 5.41) is 20.2. The van der Waals surface area contributed by atoms with Crippen LogP contribution in [0.4, 0.5) is 11.4 Å². The van der Waals surface area contributed by atoms with Crippen molar-refractivity contribution in [2.75, 3.05) is 5.01 Å². The molecule has 1 aliphatic heterocycles. The first-order valence-electron chi connectivity index (χ1n) is 14.9. The summed E-state index contributed by atoms with van der Waals surface area (Å²) in [6.07, 6.45) is 3.20. The number of hydrogen-bond donors (Lipinski definition) is 0. The molecule has 4 aromatic carbocycles. The van der Waals surface area contributed by atoms with Gasteiger partial charge in [0.15, 0.2) is 11.9 Å². The van der Waals surface area contributed by atoms with Crippen molar-refractivity contribution in [2.45, 2.75) is 13.0 Å². The molecule has 0 saturated heterocycles. The van der Waals surface area contributed by atoms with Crippen molar-refractivity contribution in [3.05, 3.63) is 152 Å². The molecular weight excluding hydrogens is 683 g/mol. The summed E-state index contributed by atoms with van der Waals surface area (Å²) >= 11 is 19.0. The second-order valence-corrected chi connectivity index (χ2v) is 12.1. The Morgan fingerprint density at radius 2 is 1.51 bits per heavy atom. The van der Waals surface area contributed by atoms with Crippen molar-refractivity contribution in [2.24, 2.45) is 20.4 Å². The number of benzene rings is 4. The molecule has 1 atom stereocenters. The van der Waals surface area contributed by atoms with Crippen molar-refractivity contribution < 1.29 is 4.79 Å². The van der Waals surface area contributed by atoms with Crippen LogP contribution in [0.1, 0.15) is 18.1 Å². The molecule has 1 aliphatic rings. The Bertz CT molecular complexity index is 2360. The van der Waals surface area contributed by atoms with Crippen LogP contribution in [0.5, 0.6) is 0 Å². The minimum atomic E-state index is -1.10. The van der Waals surface area contributed by atoms with Gasteiger partial charge < -0.3 is 0 Å². The molecule has 240 valence electrons. The first-order chi connectivity index (χ1) is 23.8. The Balaban J connectivity index is 1.20. The maximum Gasteiger partial charge on any atom is 0.282 e. The van der Waals surface area contributed by atoms with E-state index >= 15 is 0 Å². The van der Waals surface area contributed by atoms with Crippen molar-refractivity contribution >= 4 is 74.4 Å². The number of anilines is 1. The van der Waals surface area contributed by atoms with Crippen LogP contribution >= 0.6 is 34.8 Å². The van der Waals surface area contributed by atoms with Crippen LogP contribution in [0.25, 0.3) is 22.3 Å². The number of halogens is 3. The number of amides is 1. The number of pyridine rings is 1. The van der Waals surface area contributed by atoms with Gasteiger partial charge in [-0.2, -0.15) is 30.1 Å². The van der Waals surface area contributed by atoms with E-state index in [1.165, 1.54) is 16.8 Å². The number of aromatic nitrogens is 3. The summed E-state index contributed by atoms with van der Waals surface area (Å²) in [4.78, 5) is 36.2. The smallest absolute Gasteiger partial charge is 0.269 e. The lowest BCUT2D eigenvalue weighted by Gasteiger charge is -2.16. The number of carbonyl (C=O) groups excluding carboxylic acids is 1. The third kappa shape index (κ3) is 6.37. The van der Waals surface area contributed by atoms with Crippen LogP contribution in [0.2, 0.25) is 15.1 Å². The van der Waals surface area contributed by atoms with Crippen molar-refractivity contribution in [3.63, 3.8) is 0 Å². The van der Waals surface area contributed by atoms with E-state index in [2.05, 4.69) is 20.3 Å². The monoisotopic (exact) mass is 704 g/mol. The quantitative estimate of drug-likeness (QED) is 0.122. The normalized spacial score (nSPS) is 15.0. The van der Waals surface area contributed by atoms with E-state index in [9.17, 15) is 9.59 Å². The highest BCUT2D eigenvalue weighted by molar-refractivity contribution is 6.43. The molecule has 1 amide bonds. The number of hydrogen-bond acceptors (Lipinski definition) is 8. The average Bonchev–Trinajstić information content (AvgIpc) is 3.44. The zero-order valence-corrected chi connectivity index (χ0v) is 27.8. The summed E-state index contributed by atoms with van der Waals surface area (Å²) in [5.41, 5.74) is 3.95. The van der Waals surface area contributed by atoms with Crippen molar-refractivity contribution in [3.8, 4) is 11.4 Å². The molecule has 0 N–H and O–H groups in total. The molecule has 3 heterocycles. The molecule has 1 unspecified atom stereocenters. The lowest BCUT2D eigenvalue weighted by molar-refractivity contribution is -0.117. The molecule has 0 radical (unpaired) electrons.